The molecule has 5 nitrogen and oxygen atoms in total. The number of halogens is 1. The van der Waals surface area contributed by atoms with Crippen molar-refractivity contribution in [2.24, 2.45) is 0 Å². The van der Waals surface area contributed by atoms with Crippen molar-refractivity contribution in [3.05, 3.63) is 27.8 Å². The molecule has 2 rings (SSSR count). The monoisotopic (exact) mass is 392 g/mol. The van der Waals surface area contributed by atoms with Crippen LogP contribution in [0, 0.1) is 3.57 Å². The van der Waals surface area contributed by atoms with E-state index in [1.54, 1.807) is 6.07 Å². The number of carbonyl (C=O) groups excluding carboxylic acids is 1. The summed E-state index contributed by atoms with van der Waals surface area (Å²) in [7, 11) is 0. The van der Waals surface area contributed by atoms with Crippen LogP contribution in [0.5, 0.6) is 0 Å². The van der Waals surface area contributed by atoms with Gasteiger partial charge in [-0.15, -0.1) is 11.8 Å². The lowest BCUT2D eigenvalue weighted by molar-refractivity contribution is -0.141. The molecule has 0 bridgehead atoms. The van der Waals surface area contributed by atoms with Crippen LogP contribution in [0.4, 0.5) is 10.5 Å². The Labute approximate surface area is 128 Å². The van der Waals surface area contributed by atoms with Gasteiger partial charge in [-0.1, -0.05) is 6.07 Å². The van der Waals surface area contributed by atoms with E-state index in [1.807, 2.05) is 25.1 Å². The van der Waals surface area contributed by atoms with Crippen LogP contribution in [-0.2, 0) is 4.79 Å². The summed E-state index contributed by atoms with van der Waals surface area (Å²) in [6, 6.07) is 6.25. The van der Waals surface area contributed by atoms with E-state index >= 15 is 0 Å². The summed E-state index contributed by atoms with van der Waals surface area (Å²) in [5, 5.41) is 11.7. The minimum absolute atomic E-state index is 0.135. The van der Waals surface area contributed by atoms with Crippen LogP contribution >= 0.6 is 34.4 Å². The molecule has 1 aliphatic heterocycles. The minimum Gasteiger partial charge on any atom is -0.480 e. The van der Waals surface area contributed by atoms with Gasteiger partial charge in [0.15, 0.2) is 0 Å². The van der Waals surface area contributed by atoms with Gasteiger partial charge >= 0.3 is 12.0 Å². The zero-order valence-electron chi connectivity index (χ0n) is 10.2. The maximum absolute atomic E-state index is 12.2. The lowest BCUT2D eigenvalue weighted by atomic mass is 10.3. The first-order valence-electron chi connectivity index (χ1n) is 5.68. The molecule has 102 valence electrons. The predicted molar refractivity (Wildman–Crippen MR) is 83.4 cm³/mol. The highest BCUT2D eigenvalue weighted by Crippen LogP contribution is 2.29. The third-order valence-corrected chi connectivity index (χ3v) is 4.71. The number of amides is 2. The van der Waals surface area contributed by atoms with E-state index in [0.717, 1.165) is 3.57 Å². The van der Waals surface area contributed by atoms with E-state index in [1.165, 1.54) is 16.7 Å². The van der Waals surface area contributed by atoms with Gasteiger partial charge in [-0.05, 0) is 47.7 Å². The number of anilines is 1. The summed E-state index contributed by atoms with van der Waals surface area (Å²) in [5.41, 5.74) is 0.671. The average molecular weight is 392 g/mol. The first kappa shape index (κ1) is 14.4. The molecule has 7 heteroatoms. The molecular formula is C12H13IN2O3S. The number of rotatable bonds is 2. The molecule has 2 amide bonds. The number of aliphatic carboxylic acids is 1. The van der Waals surface area contributed by atoms with Crippen molar-refractivity contribution < 1.29 is 14.7 Å². The van der Waals surface area contributed by atoms with Gasteiger partial charge in [0.25, 0.3) is 0 Å². The lowest BCUT2D eigenvalue weighted by Crippen LogP contribution is -2.46. The van der Waals surface area contributed by atoms with Crippen LogP contribution in [0.3, 0.4) is 0 Å². The number of hydrogen-bond donors (Lipinski definition) is 2. The van der Waals surface area contributed by atoms with Crippen molar-refractivity contribution in [3.63, 3.8) is 0 Å². The zero-order valence-corrected chi connectivity index (χ0v) is 13.1. The maximum Gasteiger partial charge on any atom is 0.327 e. The number of urea groups is 1. The average Bonchev–Trinajstić information content (AvgIpc) is 2.71. The van der Waals surface area contributed by atoms with Gasteiger partial charge in [0.05, 0.1) is 5.37 Å². The molecule has 1 fully saturated rings. The highest BCUT2D eigenvalue weighted by molar-refractivity contribution is 14.1. The van der Waals surface area contributed by atoms with E-state index in [9.17, 15) is 9.59 Å². The molecule has 1 saturated heterocycles. The Morgan fingerprint density at radius 1 is 1.53 bits per heavy atom. The van der Waals surface area contributed by atoms with Crippen LogP contribution < -0.4 is 5.32 Å². The quantitative estimate of drug-likeness (QED) is 0.760. The number of nitrogens with zero attached hydrogens (tertiary/aromatic N) is 1. The normalized spacial score (nSPS) is 22.3. The Bertz CT molecular complexity index is 512. The van der Waals surface area contributed by atoms with Crippen LogP contribution in [0.1, 0.15) is 6.92 Å². The number of nitrogens with one attached hydrogen (secondary N) is 1. The van der Waals surface area contributed by atoms with Crippen LogP contribution in [0.25, 0.3) is 0 Å². The van der Waals surface area contributed by atoms with Crippen LogP contribution in [-0.4, -0.2) is 39.2 Å². The van der Waals surface area contributed by atoms with Crippen molar-refractivity contribution in [1.82, 2.24) is 4.90 Å². The summed E-state index contributed by atoms with van der Waals surface area (Å²) >= 11 is 3.62. The molecular weight excluding hydrogens is 379 g/mol. The largest absolute Gasteiger partial charge is 0.480 e. The minimum atomic E-state index is -0.963. The van der Waals surface area contributed by atoms with E-state index in [-0.39, 0.29) is 11.4 Å². The van der Waals surface area contributed by atoms with Gasteiger partial charge in [0.1, 0.15) is 6.04 Å². The summed E-state index contributed by atoms with van der Waals surface area (Å²) in [5.74, 6) is -0.536. The first-order valence-corrected chi connectivity index (χ1v) is 7.81. The molecule has 19 heavy (non-hydrogen) atoms. The number of hydrogen-bond acceptors (Lipinski definition) is 3. The molecule has 1 aromatic rings. The molecule has 0 saturated carbocycles. The van der Waals surface area contributed by atoms with Crippen LogP contribution in [0.2, 0.25) is 0 Å². The lowest BCUT2D eigenvalue weighted by Gasteiger charge is -2.25. The standard InChI is InChI=1S/C12H13IN2O3S/c1-7-15(10(6-19-7)11(16)17)12(18)14-9-4-2-3-8(13)5-9/h2-5,7,10H,6H2,1H3,(H,14,18)(H,16,17). The number of carbonyl (C=O) groups is 2. The topological polar surface area (TPSA) is 69.6 Å². The van der Waals surface area contributed by atoms with Crippen molar-refractivity contribution in [1.29, 1.82) is 0 Å². The summed E-state index contributed by atoms with van der Waals surface area (Å²) in [6.07, 6.45) is 0. The van der Waals surface area contributed by atoms with E-state index in [0.29, 0.717) is 11.4 Å². The molecule has 0 spiro atoms. The Kier molecular flexibility index (Phi) is 4.56. The zero-order chi connectivity index (χ0) is 14.0. The number of carboxylic acid groups (broad SMARTS) is 1. The fraction of sp³-hybridized carbons (Fsp3) is 0.333. The Morgan fingerprint density at radius 2 is 2.26 bits per heavy atom. The maximum atomic E-state index is 12.2. The fourth-order valence-corrected chi connectivity index (χ4v) is 3.61. The van der Waals surface area contributed by atoms with Gasteiger partial charge < -0.3 is 10.4 Å². The summed E-state index contributed by atoms with van der Waals surface area (Å²) in [4.78, 5) is 24.7. The Hall–Kier alpha value is -0.960. The second-order valence-electron chi connectivity index (χ2n) is 4.13. The fourth-order valence-electron chi connectivity index (χ4n) is 1.90. The van der Waals surface area contributed by atoms with Crippen molar-refractivity contribution in [2.75, 3.05) is 11.1 Å². The molecule has 0 aromatic heterocycles. The predicted octanol–water partition coefficient (Wildman–Crippen LogP) is 2.67. The summed E-state index contributed by atoms with van der Waals surface area (Å²) in [6.45, 7) is 1.84. The van der Waals surface area contributed by atoms with Gasteiger partial charge in [-0.25, -0.2) is 9.59 Å². The molecule has 2 atom stereocenters. The van der Waals surface area contributed by atoms with Gasteiger partial charge in [0, 0.05) is 15.0 Å². The van der Waals surface area contributed by atoms with Gasteiger partial charge in [-0.3, -0.25) is 4.90 Å². The molecule has 2 N–H and O–H groups in total. The Morgan fingerprint density at radius 3 is 2.89 bits per heavy atom. The first-order chi connectivity index (χ1) is 8.99. The summed E-state index contributed by atoms with van der Waals surface area (Å²) < 4.78 is 1.01. The molecule has 1 aliphatic rings. The Balaban J connectivity index is 2.12. The molecule has 2 unspecified atom stereocenters. The molecule has 0 radical (unpaired) electrons. The van der Waals surface area contributed by atoms with Gasteiger partial charge in [-0.2, -0.15) is 0 Å². The second-order valence-corrected chi connectivity index (χ2v) is 6.73. The van der Waals surface area contributed by atoms with E-state index in [2.05, 4.69) is 27.9 Å². The van der Waals surface area contributed by atoms with Crippen LogP contribution in [0.15, 0.2) is 24.3 Å². The van der Waals surface area contributed by atoms with E-state index in [4.69, 9.17) is 5.11 Å². The molecule has 1 aromatic carbocycles. The third kappa shape index (κ3) is 3.33. The number of thioether (sulfide) groups is 1. The van der Waals surface area contributed by atoms with Crippen molar-refractivity contribution >= 4 is 52.0 Å². The SMILES string of the molecule is CC1SCC(C(=O)O)N1C(=O)Nc1cccc(I)c1. The van der Waals surface area contributed by atoms with Crippen molar-refractivity contribution in [2.45, 2.75) is 18.3 Å². The molecule has 1 heterocycles. The highest BCUT2D eigenvalue weighted by Gasteiger charge is 2.39. The number of carboxylic acids is 1. The van der Waals surface area contributed by atoms with E-state index < -0.39 is 12.0 Å². The second kappa shape index (κ2) is 6.00. The molecule has 0 aliphatic carbocycles. The third-order valence-electron chi connectivity index (χ3n) is 2.82. The smallest absolute Gasteiger partial charge is 0.327 e. The van der Waals surface area contributed by atoms with Crippen molar-refractivity contribution in [3.8, 4) is 0 Å². The highest BCUT2D eigenvalue weighted by atomic mass is 127. The van der Waals surface area contributed by atoms with Gasteiger partial charge in [0.2, 0.25) is 0 Å². The number of benzene rings is 1.